The van der Waals surface area contributed by atoms with Crippen LogP contribution in [0.1, 0.15) is 12.8 Å². The molecule has 0 amide bonds. The minimum absolute atomic E-state index is 0.119. The predicted molar refractivity (Wildman–Crippen MR) is 65.5 cm³/mol. The Kier molecular flexibility index (Phi) is 5.84. The lowest BCUT2D eigenvalue weighted by molar-refractivity contribution is 0.193. The number of nitrogens with one attached hydrogen (secondary N) is 1. The van der Waals surface area contributed by atoms with Crippen LogP contribution < -0.4 is 4.72 Å². The zero-order valence-corrected chi connectivity index (χ0v) is 11.1. The van der Waals surface area contributed by atoms with Gasteiger partial charge in [-0.25, -0.2) is 18.1 Å². The number of ether oxygens (including phenoxy) is 1. The summed E-state index contributed by atoms with van der Waals surface area (Å²) in [7, 11) is -1.86. The van der Waals surface area contributed by atoms with E-state index in [4.69, 9.17) is 16.3 Å². The molecule has 96 valence electrons. The largest absolute Gasteiger partial charge is 0.385 e. The smallest absolute Gasteiger partial charge is 0.242 e. The second-order valence-corrected chi connectivity index (χ2v) is 5.57. The van der Waals surface area contributed by atoms with Crippen LogP contribution in [-0.2, 0) is 14.8 Å². The average molecular weight is 279 g/mol. The molecular formula is C10H15ClN2O3S. The van der Waals surface area contributed by atoms with Crippen LogP contribution >= 0.6 is 11.6 Å². The number of sulfonamides is 1. The Morgan fingerprint density at radius 2 is 2.18 bits per heavy atom. The molecule has 1 aromatic rings. The van der Waals surface area contributed by atoms with Gasteiger partial charge in [-0.3, -0.25) is 0 Å². The van der Waals surface area contributed by atoms with Crippen LogP contribution in [0.15, 0.2) is 23.2 Å². The first-order valence-electron chi connectivity index (χ1n) is 5.16. The maximum Gasteiger partial charge on any atom is 0.242 e. The third kappa shape index (κ3) is 4.99. The molecule has 1 N–H and O–H groups in total. The van der Waals surface area contributed by atoms with Crippen LogP contribution in [0.4, 0.5) is 0 Å². The molecule has 0 aliphatic rings. The van der Waals surface area contributed by atoms with Gasteiger partial charge in [0, 0.05) is 26.5 Å². The lowest BCUT2D eigenvalue weighted by atomic mass is 10.3. The first-order chi connectivity index (χ1) is 8.06. The number of aromatic nitrogens is 1. The normalized spacial score (nSPS) is 11.6. The summed E-state index contributed by atoms with van der Waals surface area (Å²) in [6.45, 7) is 1.01. The minimum Gasteiger partial charge on any atom is -0.385 e. The highest BCUT2D eigenvalue weighted by molar-refractivity contribution is 7.89. The molecule has 0 saturated carbocycles. The van der Waals surface area contributed by atoms with Crippen molar-refractivity contribution in [1.82, 2.24) is 9.71 Å². The van der Waals surface area contributed by atoms with Crippen molar-refractivity contribution in [2.75, 3.05) is 20.3 Å². The van der Waals surface area contributed by atoms with Gasteiger partial charge in [0.2, 0.25) is 10.0 Å². The van der Waals surface area contributed by atoms with E-state index in [1.165, 1.54) is 18.3 Å². The minimum atomic E-state index is -3.48. The summed E-state index contributed by atoms with van der Waals surface area (Å²) in [5.41, 5.74) is 0. The highest BCUT2D eigenvalue weighted by Gasteiger charge is 2.13. The summed E-state index contributed by atoms with van der Waals surface area (Å²) < 4.78 is 30.9. The summed E-state index contributed by atoms with van der Waals surface area (Å²) in [6.07, 6.45) is 2.78. The van der Waals surface area contributed by atoms with E-state index in [0.717, 1.165) is 12.8 Å². The van der Waals surface area contributed by atoms with Gasteiger partial charge < -0.3 is 4.74 Å². The van der Waals surface area contributed by atoms with Crippen LogP contribution in [0.5, 0.6) is 0 Å². The van der Waals surface area contributed by atoms with Gasteiger partial charge in [-0.1, -0.05) is 11.6 Å². The van der Waals surface area contributed by atoms with E-state index >= 15 is 0 Å². The van der Waals surface area contributed by atoms with Gasteiger partial charge in [0.25, 0.3) is 0 Å². The van der Waals surface area contributed by atoms with Gasteiger partial charge in [0.1, 0.15) is 10.0 Å². The number of pyridine rings is 1. The second-order valence-electron chi connectivity index (χ2n) is 3.41. The third-order valence-electron chi connectivity index (χ3n) is 2.08. The van der Waals surface area contributed by atoms with Crippen LogP contribution in [-0.4, -0.2) is 33.7 Å². The Morgan fingerprint density at radius 1 is 1.41 bits per heavy atom. The molecule has 0 unspecified atom stereocenters. The van der Waals surface area contributed by atoms with Gasteiger partial charge in [-0.15, -0.1) is 0 Å². The Hall–Kier alpha value is -0.690. The lowest BCUT2D eigenvalue weighted by Gasteiger charge is -2.06. The van der Waals surface area contributed by atoms with Crippen molar-refractivity contribution in [2.45, 2.75) is 17.7 Å². The lowest BCUT2D eigenvalue weighted by Crippen LogP contribution is -2.25. The average Bonchev–Trinajstić information content (AvgIpc) is 2.29. The standard InChI is InChI=1S/C10H15ClN2O3S/c1-16-7-3-2-6-13-17(14,15)9-4-5-10(11)12-8-9/h4-5,8,13H,2-3,6-7H2,1H3. The summed E-state index contributed by atoms with van der Waals surface area (Å²) in [4.78, 5) is 3.85. The molecule has 0 saturated heterocycles. The Labute approximate surface area is 106 Å². The number of hydrogen-bond donors (Lipinski definition) is 1. The molecule has 0 fully saturated rings. The molecule has 0 aliphatic carbocycles. The molecule has 0 aromatic carbocycles. The van der Waals surface area contributed by atoms with E-state index in [1.54, 1.807) is 7.11 Å². The molecule has 0 aliphatic heterocycles. The van der Waals surface area contributed by atoms with Gasteiger partial charge in [-0.2, -0.15) is 0 Å². The van der Waals surface area contributed by atoms with Crippen LogP contribution in [0.25, 0.3) is 0 Å². The first-order valence-corrected chi connectivity index (χ1v) is 7.02. The van der Waals surface area contributed by atoms with Crippen LogP contribution in [0, 0.1) is 0 Å². The fraction of sp³-hybridized carbons (Fsp3) is 0.500. The molecule has 17 heavy (non-hydrogen) atoms. The van der Waals surface area contributed by atoms with Crippen molar-refractivity contribution in [3.63, 3.8) is 0 Å². The molecular weight excluding hydrogens is 264 g/mol. The molecule has 1 heterocycles. The highest BCUT2D eigenvalue weighted by Crippen LogP contribution is 2.10. The number of rotatable bonds is 7. The van der Waals surface area contributed by atoms with Crippen LogP contribution in [0.3, 0.4) is 0 Å². The monoisotopic (exact) mass is 278 g/mol. The first kappa shape index (κ1) is 14.4. The zero-order chi connectivity index (χ0) is 12.7. The van der Waals surface area contributed by atoms with Crippen molar-refractivity contribution in [2.24, 2.45) is 0 Å². The summed E-state index contributed by atoms with van der Waals surface area (Å²) in [5.74, 6) is 0. The molecule has 0 radical (unpaired) electrons. The van der Waals surface area contributed by atoms with Crippen LogP contribution in [0.2, 0.25) is 5.15 Å². The van der Waals surface area contributed by atoms with Gasteiger partial charge in [-0.05, 0) is 25.0 Å². The molecule has 0 atom stereocenters. The van der Waals surface area contributed by atoms with Crippen molar-refractivity contribution in [1.29, 1.82) is 0 Å². The SMILES string of the molecule is COCCCCNS(=O)(=O)c1ccc(Cl)nc1. The number of unbranched alkanes of at least 4 members (excludes halogenated alkanes) is 1. The van der Waals surface area contributed by atoms with Crippen molar-refractivity contribution in [3.05, 3.63) is 23.5 Å². The molecule has 7 heteroatoms. The van der Waals surface area contributed by atoms with E-state index in [0.29, 0.717) is 13.2 Å². The quantitative estimate of drug-likeness (QED) is 0.605. The summed E-state index contributed by atoms with van der Waals surface area (Å²) >= 11 is 5.58. The zero-order valence-electron chi connectivity index (χ0n) is 9.52. The fourth-order valence-corrected chi connectivity index (χ4v) is 2.31. The Balaban J connectivity index is 2.48. The maximum atomic E-state index is 11.8. The number of hydrogen-bond acceptors (Lipinski definition) is 4. The van der Waals surface area contributed by atoms with Crippen molar-refractivity contribution in [3.8, 4) is 0 Å². The second kappa shape index (κ2) is 6.90. The highest BCUT2D eigenvalue weighted by atomic mass is 35.5. The van der Waals surface area contributed by atoms with Gasteiger partial charge in [0.05, 0.1) is 0 Å². The molecule has 0 bridgehead atoms. The topological polar surface area (TPSA) is 68.3 Å². The predicted octanol–water partition coefficient (Wildman–Crippen LogP) is 1.44. The van der Waals surface area contributed by atoms with E-state index in [-0.39, 0.29) is 10.0 Å². The Morgan fingerprint density at radius 3 is 2.76 bits per heavy atom. The summed E-state index contributed by atoms with van der Waals surface area (Å²) in [6, 6.07) is 2.87. The number of methoxy groups -OCH3 is 1. The van der Waals surface area contributed by atoms with Crippen molar-refractivity contribution >= 4 is 21.6 Å². The van der Waals surface area contributed by atoms with E-state index in [1.807, 2.05) is 0 Å². The number of halogens is 1. The number of nitrogens with zero attached hydrogens (tertiary/aromatic N) is 1. The maximum absolute atomic E-state index is 11.8. The third-order valence-corrected chi connectivity index (χ3v) is 3.75. The summed E-state index contributed by atoms with van der Waals surface area (Å²) in [5, 5.41) is 0.268. The van der Waals surface area contributed by atoms with E-state index in [2.05, 4.69) is 9.71 Å². The molecule has 5 nitrogen and oxygen atoms in total. The van der Waals surface area contributed by atoms with Crippen molar-refractivity contribution < 1.29 is 13.2 Å². The fourth-order valence-electron chi connectivity index (χ4n) is 1.18. The Bertz CT molecular complexity index is 433. The van der Waals surface area contributed by atoms with E-state index in [9.17, 15) is 8.42 Å². The van der Waals surface area contributed by atoms with E-state index < -0.39 is 10.0 Å². The molecule has 1 rings (SSSR count). The van der Waals surface area contributed by atoms with Gasteiger partial charge in [0.15, 0.2) is 0 Å². The van der Waals surface area contributed by atoms with Gasteiger partial charge >= 0.3 is 0 Å². The molecule has 0 spiro atoms. The molecule has 1 aromatic heterocycles.